The highest BCUT2D eigenvalue weighted by atomic mass is 32.1. The van der Waals surface area contributed by atoms with Crippen molar-refractivity contribution in [2.45, 2.75) is 6.92 Å². The van der Waals surface area contributed by atoms with Gasteiger partial charge in [-0.2, -0.15) is 0 Å². The van der Waals surface area contributed by atoms with Crippen LogP contribution >= 0.6 is 11.3 Å². The highest BCUT2D eigenvalue weighted by Crippen LogP contribution is 2.30. The van der Waals surface area contributed by atoms with Gasteiger partial charge in [0.1, 0.15) is 0 Å². The molecule has 0 unspecified atom stereocenters. The third kappa shape index (κ3) is 2.69. The zero-order valence-electron chi connectivity index (χ0n) is 14.6. The molecule has 1 amide bonds. The minimum atomic E-state index is -0.311. The van der Waals surface area contributed by atoms with Crippen LogP contribution in [0, 0.1) is 6.92 Å². The molecule has 0 saturated heterocycles. The molecule has 0 fully saturated rings. The molecule has 9 heteroatoms. The van der Waals surface area contributed by atoms with E-state index in [0.29, 0.717) is 44.8 Å². The first-order valence-corrected chi connectivity index (χ1v) is 9.31. The number of hydrogen-bond donors (Lipinski definition) is 3. The number of nitrogens with zero attached hydrogens (tertiary/aromatic N) is 2. The maximum atomic E-state index is 13.1. The van der Waals surface area contributed by atoms with Crippen molar-refractivity contribution in [3.63, 3.8) is 0 Å². The molecule has 0 aliphatic heterocycles. The summed E-state index contributed by atoms with van der Waals surface area (Å²) in [4.78, 5) is 35.2. The second kappa shape index (κ2) is 6.17. The standard InChI is InChI=1S/C19H13N5O3S/c1-9-16-11(8-14(15-3-2-6-28-15)21-18(16)27-24-9)17(25)20-10-4-5-12-13(7-10)23-19(26)22-12/h2-8H,1H3,(H,20,25)(H2,22,23,26). The highest BCUT2D eigenvalue weighted by molar-refractivity contribution is 7.13. The molecule has 0 aliphatic rings. The zero-order chi connectivity index (χ0) is 19.3. The van der Waals surface area contributed by atoms with Gasteiger partial charge in [-0.25, -0.2) is 9.78 Å². The van der Waals surface area contributed by atoms with Gasteiger partial charge in [-0.1, -0.05) is 11.2 Å². The lowest BCUT2D eigenvalue weighted by molar-refractivity contribution is 0.102. The molecule has 0 saturated carbocycles. The van der Waals surface area contributed by atoms with Gasteiger partial charge in [-0.15, -0.1) is 11.3 Å². The van der Waals surface area contributed by atoms with Crippen LogP contribution in [0.1, 0.15) is 16.1 Å². The van der Waals surface area contributed by atoms with E-state index in [1.807, 2.05) is 17.5 Å². The molecule has 8 nitrogen and oxygen atoms in total. The molecule has 0 bridgehead atoms. The number of hydrogen-bond acceptors (Lipinski definition) is 6. The van der Waals surface area contributed by atoms with Gasteiger partial charge in [-0.3, -0.25) is 4.79 Å². The van der Waals surface area contributed by atoms with Gasteiger partial charge in [-0.05, 0) is 42.6 Å². The number of rotatable bonds is 3. The van der Waals surface area contributed by atoms with Crippen molar-refractivity contribution in [3.05, 3.63) is 63.5 Å². The number of thiophene rings is 1. The molecule has 0 spiro atoms. The predicted octanol–water partition coefficient (Wildman–Crippen LogP) is 3.68. The van der Waals surface area contributed by atoms with E-state index in [1.165, 1.54) is 11.3 Å². The molecule has 1 aromatic carbocycles. The van der Waals surface area contributed by atoms with Crippen LogP contribution in [0.2, 0.25) is 0 Å². The Balaban J connectivity index is 1.59. The summed E-state index contributed by atoms with van der Waals surface area (Å²) in [6.07, 6.45) is 0. The van der Waals surface area contributed by atoms with E-state index < -0.39 is 0 Å². The Labute approximate surface area is 161 Å². The lowest BCUT2D eigenvalue weighted by atomic mass is 10.1. The number of imidazole rings is 1. The van der Waals surface area contributed by atoms with Crippen LogP contribution in [0.3, 0.4) is 0 Å². The van der Waals surface area contributed by atoms with Gasteiger partial charge in [0, 0.05) is 5.69 Å². The second-order valence-electron chi connectivity index (χ2n) is 6.27. The third-order valence-corrected chi connectivity index (χ3v) is 5.30. The van der Waals surface area contributed by atoms with E-state index in [-0.39, 0.29) is 11.6 Å². The first kappa shape index (κ1) is 16.5. The Hall–Kier alpha value is -3.72. The van der Waals surface area contributed by atoms with Crippen molar-refractivity contribution in [1.29, 1.82) is 0 Å². The number of anilines is 1. The maximum absolute atomic E-state index is 13.1. The van der Waals surface area contributed by atoms with E-state index in [0.717, 1.165) is 4.88 Å². The van der Waals surface area contributed by atoms with Gasteiger partial charge < -0.3 is 19.8 Å². The molecule has 4 heterocycles. The van der Waals surface area contributed by atoms with Crippen LogP contribution in [0.15, 0.2) is 51.1 Å². The summed E-state index contributed by atoms with van der Waals surface area (Å²) in [5.74, 6) is -0.311. The summed E-state index contributed by atoms with van der Waals surface area (Å²) in [6, 6.07) is 10.7. The van der Waals surface area contributed by atoms with Crippen LogP contribution in [-0.4, -0.2) is 26.0 Å². The maximum Gasteiger partial charge on any atom is 0.323 e. The predicted molar refractivity (Wildman–Crippen MR) is 107 cm³/mol. The normalized spacial score (nSPS) is 11.3. The Bertz CT molecular complexity index is 1390. The quantitative estimate of drug-likeness (QED) is 0.434. The number of carbonyl (C=O) groups excluding carboxylic acids is 1. The van der Waals surface area contributed by atoms with Crippen LogP contribution in [0.5, 0.6) is 0 Å². The largest absolute Gasteiger partial charge is 0.335 e. The van der Waals surface area contributed by atoms with Gasteiger partial charge in [0.05, 0.1) is 38.2 Å². The molecular weight excluding hydrogens is 378 g/mol. The van der Waals surface area contributed by atoms with Gasteiger partial charge in [0.15, 0.2) is 0 Å². The number of amides is 1. The topological polar surface area (TPSA) is 117 Å². The molecule has 138 valence electrons. The van der Waals surface area contributed by atoms with Crippen molar-refractivity contribution in [1.82, 2.24) is 20.1 Å². The molecule has 0 atom stereocenters. The smallest absolute Gasteiger partial charge is 0.323 e. The summed E-state index contributed by atoms with van der Waals surface area (Å²) < 4.78 is 5.31. The van der Waals surface area contributed by atoms with Crippen LogP contribution in [-0.2, 0) is 0 Å². The van der Waals surface area contributed by atoms with E-state index in [4.69, 9.17) is 4.52 Å². The van der Waals surface area contributed by atoms with Crippen LogP contribution in [0.25, 0.3) is 32.7 Å². The molecule has 5 aromatic rings. The summed E-state index contributed by atoms with van der Waals surface area (Å²) in [6.45, 7) is 1.77. The van der Waals surface area contributed by atoms with Crippen molar-refractivity contribution in [2.24, 2.45) is 0 Å². The van der Waals surface area contributed by atoms with Gasteiger partial charge in [0.25, 0.3) is 11.6 Å². The monoisotopic (exact) mass is 391 g/mol. The number of benzene rings is 1. The average Bonchev–Trinajstić information content (AvgIpc) is 3.40. The van der Waals surface area contributed by atoms with E-state index in [9.17, 15) is 9.59 Å². The Morgan fingerprint density at radius 1 is 1.18 bits per heavy atom. The minimum Gasteiger partial charge on any atom is -0.335 e. The lowest BCUT2D eigenvalue weighted by Gasteiger charge is -2.08. The number of pyridine rings is 1. The Morgan fingerprint density at radius 3 is 2.86 bits per heavy atom. The lowest BCUT2D eigenvalue weighted by Crippen LogP contribution is -2.13. The third-order valence-electron chi connectivity index (χ3n) is 4.41. The summed E-state index contributed by atoms with van der Waals surface area (Å²) in [5.41, 5.74) is 3.53. The highest BCUT2D eigenvalue weighted by Gasteiger charge is 2.20. The van der Waals surface area contributed by atoms with Crippen molar-refractivity contribution < 1.29 is 9.32 Å². The van der Waals surface area contributed by atoms with E-state index in [1.54, 1.807) is 31.2 Å². The fourth-order valence-corrected chi connectivity index (χ4v) is 3.82. The molecule has 0 radical (unpaired) electrons. The van der Waals surface area contributed by atoms with Crippen molar-refractivity contribution >= 4 is 45.1 Å². The summed E-state index contributed by atoms with van der Waals surface area (Å²) in [5, 5.41) is 9.35. The van der Waals surface area contributed by atoms with Crippen LogP contribution < -0.4 is 11.0 Å². The zero-order valence-corrected chi connectivity index (χ0v) is 15.4. The Kier molecular flexibility index (Phi) is 3.63. The number of aromatic amines is 2. The minimum absolute atomic E-state index is 0.296. The summed E-state index contributed by atoms with van der Waals surface area (Å²) >= 11 is 1.53. The molecule has 0 aliphatic carbocycles. The molecule has 4 aromatic heterocycles. The van der Waals surface area contributed by atoms with Crippen molar-refractivity contribution in [3.8, 4) is 10.6 Å². The van der Waals surface area contributed by atoms with Gasteiger partial charge in [0.2, 0.25) is 0 Å². The first-order chi connectivity index (χ1) is 13.6. The number of aromatic nitrogens is 4. The Morgan fingerprint density at radius 2 is 2.04 bits per heavy atom. The number of aryl methyl sites for hydroxylation is 1. The number of H-pyrrole nitrogens is 2. The first-order valence-electron chi connectivity index (χ1n) is 8.43. The number of nitrogens with one attached hydrogen (secondary N) is 3. The second-order valence-corrected chi connectivity index (χ2v) is 7.22. The molecular formula is C19H13N5O3S. The number of fused-ring (bicyclic) bond motifs is 2. The molecule has 3 N–H and O–H groups in total. The van der Waals surface area contributed by atoms with Gasteiger partial charge >= 0.3 is 5.69 Å². The molecule has 28 heavy (non-hydrogen) atoms. The van der Waals surface area contributed by atoms with Crippen molar-refractivity contribution in [2.75, 3.05) is 5.32 Å². The SMILES string of the molecule is Cc1noc2nc(-c3cccs3)cc(C(=O)Nc3ccc4[nH]c(=O)[nH]c4c3)c12. The molecule has 5 rings (SSSR count). The average molecular weight is 391 g/mol. The fourth-order valence-electron chi connectivity index (χ4n) is 3.13. The fraction of sp³-hybridized carbons (Fsp3) is 0.0526. The number of carbonyl (C=O) groups is 1. The van der Waals surface area contributed by atoms with E-state index in [2.05, 4.69) is 25.4 Å². The van der Waals surface area contributed by atoms with Crippen LogP contribution in [0.4, 0.5) is 5.69 Å². The van der Waals surface area contributed by atoms with E-state index >= 15 is 0 Å². The summed E-state index contributed by atoms with van der Waals surface area (Å²) in [7, 11) is 0.